The highest BCUT2D eigenvalue weighted by Gasteiger charge is 2.18. The molecule has 3 heteroatoms. The zero-order valence-electron chi connectivity index (χ0n) is 11.6. The van der Waals surface area contributed by atoms with Gasteiger partial charge in [0.25, 0.3) is 0 Å². The highest BCUT2D eigenvalue weighted by molar-refractivity contribution is 6.42. The summed E-state index contributed by atoms with van der Waals surface area (Å²) >= 11 is 12.3. The number of hydrogen-bond acceptors (Lipinski definition) is 1. The molecule has 0 bridgehead atoms. The zero-order chi connectivity index (χ0) is 13.7. The Morgan fingerprint density at radius 3 is 2.28 bits per heavy atom. The van der Waals surface area contributed by atoms with Crippen molar-refractivity contribution in [3.8, 4) is 0 Å². The molecule has 1 aromatic rings. The number of halogens is 2. The Bertz CT molecular complexity index is 375. The zero-order valence-corrected chi connectivity index (χ0v) is 13.1. The predicted molar refractivity (Wildman–Crippen MR) is 81.5 cm³/mol. The molecule has 1 N–H and O–H groups in total. The highest BCUT2D eigenvalue weighted by Crippen LogP contribution is 2.30. The third-order valence-electron chi connectivity index (χ3n) is 3.72. The average Bonchev–Trinajstić information content (AvgIpc) is 2.34. The minimum absolute atomic E-state index is 0.215. The van der Waals surface area contributed by atoms with Crippen LogP contribution < -0.4 is 5.32 Å². The van der Waals surface area contributed by atoms with Gasteiger partial charge in [-0.05, 0) is 31.4 Å². The topological polar surface area (TPSA) is 12.0 Å². The third kappa shape index (κ3) is 3.88. The Morgan fingerprint density at radius 1 is 1.11 bits per heavy atom. The summed E-state index contributed by atoms with van der Waals surface area (Å²) in [6.07, 6.45) is 2.39. The largest absolute Gasteiger partial charge is 0.307 e. The Morgan fingerprint density at radius 2 is 1.72 bits per heavy atom. The van der Waals surface area contributed by atoms with E-state index in [2.05, 4.69) is 33.0 Å². The van der Waals surface area contributed by atoms with Crippen LogP contribution in [0.5, 0.6) is 0 Å². The normalized spacial score (nSPS) is 14.8. The fourth-order valence-electron chi connectivity index (χ4n) is 2.47. The van der Waals surface area contributed by atoms with Crippen molar-refractivity contribution in [2.45, 2.75) is 52.6 Å². The van der Waals surface area contributed by atoms with Gasteiger partial charge >= 0.3 is 0 Å². The van der Waals surface area contributed by atoms with Crippen molar-refractivity contribution in [2.24, 2.45) is 5.92 Å². The van der Waals surface area contributed by atoms with Gasteiger partial charge in [-0.2, -0.15) is 0 Å². The van der Waals surface area contributed by atoms with Crippen LogP contribution in [-0.4, -0.2) is 6.04 Å². The predicted octanol–water partition coefficient (Wildman–Crippen LogP) is 5.47. The third-order valence-corrected chi connectivity index (χ3v) is 4.55. The molecule has 1 rings (SSSR count). The Labute approximate surface area is 121 Å². The lowest BCUT2D eigenvalue weighted by Crippen LogP contribution is -2.35. The van der Waals surface area contributed by atoms with E-state index in [0.717, 1.165) is 5.56 Å². The first-order chi connectivity index (χ1) is 8.51. The van der Waals surface area contributed by atoms with Gasteiger partial charge in [0.2, 0.25) is 0 Å². The van der Waals surface area contributed by atoms with Gasteiger partial charge in [-0.1, -0.05) is 62.0 Å². The fraction of sp³-hybridized carbons (Fsp3) is 0.600. The lowest BCUT2D eigenvalue weighted by Gasteiger charge is -2.27. The summed E-state index contributed by atoms with van der Waals surface area (Å²) in [6.45, 7) is 8.86. The summed E-state index contributed by atoms with van der Waals surface area (Å²) in [5.74, 6) is 0.699. The minimum atomic E-state index is 0.215. The Kier molecular flexibility index (Phi) is 6.48. The van der Waals surface area contributed by atoms with Crippen molar-refractivity contribution >= 4 is 23.2 Å². The maximum absolute atomic E-state index is 6.25. The van der Waals surface area contributed by atoms with Gasteiger partial charge in [0.1, 0.15) is 0 Å². The first kappa shape index (κ1) is 15.8. The van der Waals surface area contributed by atoms with E-state index in [-0.39, 0.29) is 6.04 Å². The van der Waals surface area contributed by atoms with Gasteiger partial charge in [0.05, 0.1) is 10.0 Å². The molecule has 0 fully saturated rings. The molecule has 1 nitrogen and oxygen atoms in total. The van der Waals surface area contributed by atoms with Gasteiger partial charge < -0.3 is 5.32 Å². The maximum atomic E-state index is 6.25. The van der Waals surface area contributed by atoms with E-state index in [4.69, 9.17) is 23.2 Å². The molecule has 2 unspecified atom stereocenters. The van der Waals surface area contributed by atoms with E-state index in [1.807, 2.05) is 18.2 Å². The smallest absolute Gasteiger partial charge is 0.0639 e. The summed E-state index contributed by atoms with van der Waals surface area (Å²) in [5.41, 5.74) is 1.07. The van der Waals surface area contributed by atoms with Crippen LogP contribution in [-0.2, 0) is 0 Å². The SMILES string of the molecule is CCC(CC)C(C)NC(C)c1cccc(Cl)c1Cl. The summed E-state index contributed by atoms with van der Waals surface area (Å²) < 4.78 is 0. The molecule has 0 radical (unpaired) electrons. The second kappa shape index (κ2) is 7.37. The van der Waals surface area contributed by atoms with Crippen molar-refractivity contribution in [2.75, 3.05) is 0 Å². The van der Waals surface area contributed by atoms with E-state index in [1.165, 1.54) is 12.8 Å². The summed E-state index contributed by atoms with van der Waals surface area (Å²) in [4.78, 5) is 0. The number of benzene rings is 1. The van der Waals surface area contributed by atoms with E-state index < -0.39 is 0 Å². The van der Waals surface area contributed by atoms with Crippen LogP contribution in [0, 0.1) is 5.92 Å². The monoisotopic (exact) mass is 287 g/mol. The fourth-order valence-corrected chi connectivity index (χ4v) is 2.94. The second-order valence-electron chi connectivity index (χ2n) is 4.90. The first-order valence-corrected chi connectivity index (χ1v) is 7.46. The molecule has 102 valence electrons. The van der Waals surface area contributed by atoms with Crippen LogP contribution >= 0.6 is 23.2 Å². The molecular weight excluding hydrogens is 265 g/mol. The van der Waals surface area contributed by atoms with E-state index in [9.17, 15) is 0 Å². The van der Waals surface area contributed by atoms with Crippen molar-refractivity contribution in [1.29, 1.82) is 0 Å². The van der Waals surface area contributed by atoms with Crippen molar-refractivity contribution in [3.63, 3.8) is 0 Å². The van der Waals surface area contributed by atoms with Crippen LogP contribution in [0.25, 0.3) is 0 Å². The van der Waals surface area contributed by atoms with E-state index in [1.54, 1.807) is 0 Å². The molecule has 0 saturated heterocycles. The number of rotatable bonds is 6. The molecule has 2 atom stereocenters. The summed E-state index contributed by atoms with van der Waals surface area (Å²) in [6, 6.07) is 6.50. The van der Waals surface area contributed by atoms with Crippen LogP contribution in [0.2, 0.25) is 10.0 Å². The lowest BCUT2D eigenvalue weighted by molar-refractivity contribution is 0.330. The number of nitrogens with one attached hydrogen (secondary N) is 1. The molecule has 0 heterocycles. The van der Waals surface area contributed by atoms with Gasteiger partial charge in [0.15, 0.2) is 0 Å². The van der Waals surface area contributed by atoms with Crippen molar-refractivity contribution in [3.05, 3.63) is 33.8 Å². The maximum Gasteiger partial charge on any atom is 0.0639 e. The summed E-state index contributed by atoms with van der Waals surface area (Å²) in [7, 11) is 0. The van der Waals surface area contributed by atoms with Gasteiger partial charge in [-0.15, -0.1) is 0 Å². The van der Waals surface area contributed by atoms with Gasteiger partial charge in [-0.25, -0.2) is 0 Å². The van der Waals surface area contributed by atoms with Crippen LogP contribution in [0.1, 0.15) is 52.1 Å². The van der Waals surface area contributed by atoms with E-state index in [0.29, 0.717) is 22.0 Å². The van der Waals surface area contributed by atoms with Crippen molar-refractivity contribution < 1.29 is 0 Å². The van der Waals surface area contributed by atoms with Crippen LogP contribution in [0.15, 0.2) is 18.2 Å². The molecule has 0 aliphatic rings. The molecule has 0 saturated carbocycles. The average molecular weight is 288 g/mol. The molecule has 0 aliphatic heterocycles. The Hall–Kier alpha value is -0.240. The Balaban J connectivity index is 2.76. The van der Waals surface area contributed by atoms with Gasteiger partial charge in [0, 0.05) is 12.1 Å². The molecule has 0 aliphatic carbocycles. The van der Waals surface area contributed by atoms with Crippen molar-refractivity contribution in [1.82, 2.24) is 5.32 Å². The summed E-state index contributed by atoms with van der Waals surface area (Å²) in [5, 5.41) is 4.91. The number of hydrogen-bond donors (Lipinski definition) is 1. The van der Waals surface area contributed by atoms with E-state index >= 15 is 0 Å². The molecular formula is C15H23Cl2N. The molecule has 0 aromatic heterocycles. The highest BCUT2D eigenvalue weighted by atomic mass is 35.5. The van der Waals surface area contributed by atoms with Crippen LogP contribution in [0.3, 0.4) is 0 Å². The molecule has 1 aromatic carbocycles. The first-order valence-electron chi connectivity index (χ1n) is 6.71. The van der Waals surface area contributed by atoms with Gasteiger partial charge in [-0.3, -0.25) is 0 Å². The quantitative estimate of drug-likeness (QED) is 0.732. The lowest BCUT2D eigenvalue weighted by atomic mass is 9.94. The second-order valence-corrected chi connectivity index (χ2v) is 5.68. The van der Waals surface area contributed by atoms with Crippen LogP contribution in [0.4, 0.5) is 0 Å². The minimum Gasteiger partial charge on any atom is -0.307 e. The molecule has 18 heavy (non-hydrogen) atoms. The standard InChI is InChI=1S/C15H23Cl2N/c1-5-12(6-2)10(3)18-11(4)13-8-7-9-14(16)15(13)17/h7-12,18H,5-6H2,1-4H3. The molecule has 0 spiro atoms. The molecule has 0 amide bonds.